The highest BCUT2D eigenvalue weighted by atomic mass is 19.3. The molecule has 0 aliphatic heterocycles. The van der Waals surface area contributed by atoms with Gasteiger partial charge in [0.2, 0.25) is 0 Å². The van der Waals surface area contributed by atoms with Crippen LogP contribution in [-0.4, -0.2) is 0 Å². The highest BCUT2D eigenvalue weighted by Gasteiger charge is 2.11. The van der Waals surface area contributed by atoms with Crippen LogP contribution in [-0.2, 0) is 6.42 Å². The molecule has 100 valence electrons. The van der Waals surface area contributed by atoms with Crippen LogP contribution in [0.1, 0.15) is 29.4 Å². The standard InChI is InChI=1S/C16H16F2O/c1-12-7-9-15(19-12)10-8-14(11-16(17)18)13-5-3-2-4-6-13/h2-7,9,11,14H,8,10H2,1H3. The third kappa shape index (κ3) is 4.05. The monoisotopic (exact) mass is 262 g/mol. The fourth-order valence-electron chi connectivity index (χ4n) is 2.12. The second-order valence-corrected chi connectivity index (χ2v) is 4.52. The van der Waals surface area contributed by atoms with Gasteiger partial charge in [-0.3, -0.25) is 0 Å². The van der Waals surface area contributed by atoms with Crippen LogP contribution in [0.25, 0.3) is 0 Å². The largest absolute Gasteiger partial charge is 0.466 e. The first-order valence-corrected chi connectivity index (χ1v) is 6.28. The summed E-state index contributed by atoms with van der Waals surface area (Å²) in [6.07, 6.45) is 0.640. The molecule has 0 saturated carbocycles. The van der Waals surface area contributed by atoms with Crippen molar-refractivity contribution in [1.82, 2.24) is 0 Å². The molecule has 0 N–H and O–H groups in total. The topological polar surface area (TPSA) is 13.1 Å². The molecule has 0 saturated heterocycles. The summed E-state index contributed by atoms with van der Waals surface area (Å²) in [6, 6.07) is 13.1. The van der Waals surface area contributed by atoms with E-state index in [1.54, 1.807) is 0 Å². The van der Waals surface area contributed by atoms with Crippen LogP contribution < -0.4 is 0 Å². The summed E-state index contributed by atoms with van der Waals surface area (Å²) in [4.78, 5) is 0. The van der Waals surface area contributed by atoms with Crippen molar-refractivity contribution in [2.45, 2.75) is 25.7 Å². The molecule has 1 atom stereocenters. The summed E-state index contributed by atoms with van der Waals surface area (Å²) >= 11 is 0. The molecular formula is C16H16F2O. The Bertz CT molecular complexity index is 539. The SMILES string of the molecule is Cc1ccc(CCC(C=C(F)F)c2ccccc2)o1. The molecule has 0 aliphatic rings. The van der Waals surface area contributed by atoms with Crippen LogP contribution in [0.15, 0.2) is 59.0 Å². The second-order valence-electron chi connectivity index (χ2n) is 4.52. The van der Waals surface area contributed by atoms with Crippen LogP contribution >= 0.6 is 0 Å². The minimum atomic E-state index is -1.63. The average molecular weight is 262 g/mol. The van der Waals surface area contributed by atoms with Gasteiger partial charge in [0.25, 0.3) is 6.08 Å². The summed E-state index contributed by atoms with van der Waals surface area (Å²) in [5, 5.41) is 0. The molecule has 2 aromatic rings. The zero-order valence-corrected chi connectivity index (χ0v) is 10.8. The lowest BCUT2D eigenvalue weighted by atomic mass is 9.94. The summed E-state index contributed by atoms with van der Waals surface area (Å²) in [6.45, 7) is 1.87. The molecule has 0 spiro atoms. The maximum absolute atomic E-state index is 12.5. The van der Waals surface area contributed by atoms with E-state index in [-0.39, 0.29) is 5.92 Å². The minimum absolute atomic E-state index is 0.281. The first-order valence-electron chi connectivity index (χ1n) is 6.28. The highest BCUT2D eigenvalue weighted by Crippen LogP contribution is 2.25. The molecule has 0 radical (unpaired) electrons. The van der Waals surface area contributed by atoms with E-state index in [0.29, 0.717) is 12.8 Å². The van der Waals surface area contributed by atoms with Gasteiger partial charge in [0.1, 0.15) is 11.5 Å². The van der Waals surface area contributed by atoms with Gasteiger partial charge in [-0.05, 0) is 37.1 Å². The van der Waals surface area contributed by atoms with Crippen LogP contribution in [0.3, 0.4) is 0 Å². The molecule has 19 heavy (non-hydrogen) atoms. The van der Waals surface area contributed by atoms with E-state index in [1.807, 2.05) is 49.4 Å². The van der Waals surface area contributed by atoms with E-state index >= 15 is 0 Å². The molecule has 2 rings (SSSR count). The number of allylic oxidation sites excluding steroid dienone is 1. The molecule has 0 fully saturated rings. The molecule has 0 amide bonds. The predicted molar refractivity (Wildman–Crippen MR) is 71.2 cm³/mol. The third-order valence-electron chi connectivity index (χ3n) is 3.05. The molecule has 0 bridgehead atoms. The summed E-state index contributed by atoms with van der Waals surface area (Å²) in [5.74, 6) is 1.40. The van der Waals surface area contributed by atoms with Crippen LogP contribution in [0.4, 0.5) is 8.78 Å². The number of rotatable bonds is 5. The quantitative estimate of drug-likeness (QED) is 0.732. The van der Waals surface area contributed by atoms with Gasteiger partial charge in [0, 0.05) is 12.3 Å². The van der Waals surface area contributed by atoms with Crippen molar-refractivity contribution in [3.63, 3.8) is 0 Å². The van der Waals surface area contributed by atoms with Crippen molar-refractivity contribution in [2.24, 2.45) is 0 Å². The molecular weight excluding hydrogens is 246 g/mol. The molecule has 1 heterocycles. The molecule has 1 nitrogen and oxygen atoms in total. The highest BCUT2D eigenvalue weighted by molar-refractivity contribution is 5.24. The molecule has 3 heteroatoms. The van der Waals surface area contributed by atoms with Gasteiger partial charge in [-0.25, -0.2) is 0 Å². The number of halogens is 2. The average Bonchev–Trinajstić information content (AvgIpc) is 2.81. The lowest BCUT2D eigenvalue weighted by Gasteiger charge is -2.11. The summed E-state index contributed by atoms with van der Waals surface area (Å²) in [5.41, 5.74) is 0.901. The van der Waals surface area contributed by atoms with Gasteiger partial charge in [0.05, 0.1) is 0 Å². The number of aryl methyl sites for hydroxylation is 2. The minimum Gasteiger partial charge on any atom is -0.466 e. The number of hydrogen-bond donors (Lipinski definition) is 0. The van der Waals surface area contributed by atoms with Crippen molar-refractivity contribution >= 4 is 0 Å². The van der Waals surface area contributed by atoms with Crippen molar-refractivity contribution in [3.8, 4) is 0 Å². The fraction of sp³-hybridized carbons (Fsp3) is 0.250. The van der Waals surface area contributed by atoms with E-state index in [0.717, 1.165) is 23.2 Å². The van der Waals surface area contributed by atoms with E-state index in [1.165, 1.54) is 0 Å². The summed E-state index contributed by atoms with van der Waals surface area (Å²) in [7, 11) is 0. The van der Waals surface area contributed by atoms with Crippen molar-refractivity contribution in [2.75, 3.05) is 0 Å². The Kier molecular flexibility index (Phi) is 4.50. The second kappa shape index (κ2) is 6.32. The van der Waals surface area contributed by atoms with Crippen LogP contribution in [0.2, 0.25) is 0 Å². The van der Waals surface area contributed by atoms with Gasteiger partial charge >= 0.3 is 0 Å². The normalized spacial score (nSPS) is 12.2. The zero-order valence-electron chi connectivity index (χ0n) is 10.8. The van der Waals surface area contributed by atoms with Gasteiger partial charge in [-0.1, -0.05) is 30.3 Å². The first kappa shape index (κ1) is 13.5. The Balaban J connectivity index is 2.09. The van der Waals surface area contributed by atoms with E-state index in [2.05, 4.69) is 0 Å². The van der Waals surface area contributed by atoms with Gasteiger partial charge in [-0.15, -0.1) is 0 Å². The lowest BCUT2D eigenvalue weighted by Crippen LogP contribution is -1.98. The Labute approximate surface area is 111 Å². The van der Waals surface area contributed by atoms with Crippen LogP contribution in [0, 0.1) is 6.92 Å². The Morgan fingerprint density at radius 3 is 2.47 bits per heavy atom. The molecule has 1 aromatic carbocycles. The van der Waals surface area contributed by atoms with E-state index < -0.39 is 6.08 Å². The zero-order chi connectivity index (χ0) is 13.7. The Morgan fingerprint density at radius 2 is 1.89 bits per heavy atom. The Hall–Kier alpha value is -1.90. The van der Waals surface area contributed by atoms with E-state index in [4.69, 9.17) is 4.42 Å². The molecule has 1 unspecified atom stereocenters. The smallest absolute Gasteiger partial charge is 0.266 e. The van der Waals surface area contributed by atoms with Gasteiger partial charge in [0.15, 0.2) is 0 Å². The fourth-order valence-corrected chi connectivity index (χ4v) is 2.12. The lowest BCUT2D eigenvalue weighted by molar-refractivity contribution is 0.411. The van der Waals surface area contributed by atoms with Gasteiger partial charge < -0.3 is 4.42 Å². The van der Waals surface area contributed by atoms with Crippen molar-refractivity contribution in [3.05, 3.63) is 71.7 Å². The Morgan fingerprint density at radius 1 is 1.16 bits per heavy atom. The first-order chi connectivity index (χ1) is 9.15. The van der Waals surface area contributed by atoms with E-state index in [9.17, 15) is 8.78 Å². The number of benzene rings is 1. The van der Waals surface area contributed by atoms with Gasteiger partial charge in [-0.2, -0.15) is 8.78 Å². The maximum atomic E-state index is 12.5. The number of furan rings is 1. The third-order valence-corrected chi connectivity index (χ3v) is 3.05. The van der Waals surface area contributed by atoms with Crippen molar-refractivity contribution < 1.29 is 13.2 Å². The maximum Gasteiger partial charge on any atom is 0.266 e. The molecule has 0 aliphatic carbocycles. The molecule has 1 aromatic heterocycles. The predicted octanol–water partition coefficient (Wildman–Crippen LogP) is 5.08. The summed E-state index contributed by atoms with van der Waals surface area (Å²) < 4.78 is 30.5. The van der Waals surface area contributed by atoms with Crippen LogP contribution in [0.5, 0.6) is 0 Å². The number of hydrogen-bond acceptors (Lipinski definition) is 1. The van der Waals surface area contributed by atoms with Crippen molar-refractivity contribution in [1.29, 1.82) is 0 Å².